The number of carbonyl (C=O) groups excluding carboxylic acids is 1. The fourth-order valence-electron chi connectivity index (χ4n) is 1.01. The summed E-state index contributed by atoms with van der Waals surface area (Å²) in [4.78, 5) is 10.8. The van der Waals surface area contributed by atoms with E-state index < -0.39 is 5.91 Å². The minimum atomic E-state index is -0.729. The summed E-state index contributed by atoms with van der Waals surface area (Å²) in [5.74, 6) is -0.630. The zero-order valence-electron chi connectivity index (χ0n) is 7.58. The molecule has 0 spiro atoms. The summed E-state index contributed by atoms with van der Waals surface area (Å²) < 4.78 is 5.11. The second-order valence-corrected chi connectivity index (χ2v) is 3.00. The highest BCUT2D eigenvalue weighted by atomic mass is 35.5. The summed E-state index contributed by atoms with van der Waals surface area (Å²) in [6, 6.07) is 2.55. The van der Waals surface area contributed by atoms with Gasteiger partial charge in [-0.2, -0.15) is 0 Å². The van der Waals surface area contributed by atoms with Crippen LogP contribution >= 0.6 is 11.6 Å². The molecule has 0 saturated carbocycles. The summed E-state index contributed by atoms with van der Waals surface area (Å²) >= 11 is 5.78. The predicted octanol–water partition coefficient (Wildman–Crippen LogP) is 1.54. The maximum absolute atomic E-state index is 10.8. The molecular formula is C9H10ClNO3. The molecule has 0 aliphatic carbocycles. The molecule has 1 aromatic carbocycles. The van der Waals surface area contributed by atoms with Gasteiger partial charge in [-0.1, -0.05) is 11.6 Å². The highest BCUT2D eigenvalue weighted by molar-refractivity contribution is 6.32. The Balaban J connectivity index is 3.17. The predicted molar refractivity (Wildman–Crippen MR) is 52.8 cm³/mol. The molecule has 1 rings (SSSR count). The van der Waals surface area contributed by atoms with Gasteiger partial charge >= 0.3 is 0 Å². The minimum Gasteiger partial charge on any atom is -0.507 e. The van der Waals surface area contributed by atoms with Crippen LogP contribution in [0.5, 0.6) is 11.5 Å². The van der Waals surface area contributed by atoms with Crippen LogP contribution in [0.4, 0.5) is 0 Å². The first kappa shape index (κ1) is 10.7. The minimum absolute atomic E-state index is 0.0153. The van der Waals surface area contributed by atoms with Gasteiger partial charge in [0.2, 0.25) is 0 Å². The standard InChI is InChI=1S/C9H10ClNO3/c1-2-14-8-4-7(12)5(9(11)13)3-6(8)10/h3-4,12H,2H2,1H3,(H2,11,13). The third-order valence-electron chi connectivity index (χ3n) is 1.62. The number of phenols is 1. The van der Waals surface area contributed by atoms with Crippen molar-refractivity contribution in [2.75, 3.05) is 6.61 Å². The van der Waals surface area contributed by atoms with Crippen LogP contribution in [0.25, 0.3) is 0 Å². The molecule has 76 valence electrons. The molecule has 0 fully saturated rings. The van der Waals surface area contributed by atoms with Gasteiger partial charge in [0.1, 0.15) is 11.5 Å². The molecule has 0 heterocycles. The molecule has 0 radical (unpaired) electrons. The quantitative estimate of drug-likeness (QED) is 0.804. The van der Waals surface area contributed by atoms with Gasteiger partial charge < -0.3 is 15.6 Å². The molecular weight excluding hydrogens is 206 g/mol. The lowest BCUT2D eigenvalue weighted by Crippen LogP contribution is -2.11. The fourth-order valence-corrected chi connectivity index (χ4v) is 1.22. The highest BCUT2D eigenvalue weighted by Crippen LogP contribution is 2.31. The lowest BCUT2D eigenvalue weighted by molar-refractivity contribution is 0.0997. The average Bonchev–Trinajstić information content (AvgIpc) is 2.10. The largest absolute Gasteiger partial charge is 0.507 e. The zero-order chi connectivity index (χ0) is 10.7. The Bertz CT molecular complexity index is 365. The van der Waals surface area contributed by atoms with Crippen LogP contribution < -0.4 is 10.5 Å². The van der Waals surface area contributed by atoms with Crippen LogP contribution in [0.15, 0.2) is 12.1 Å². The van der Waals surface area contributed by atoms with Crippen molar-refractivity contribution in [1.82, 2.24) is 0 Å². The number of primary amides is 1. The van der Waals surface area contributed by atoms with Crippen molar-refractivity contribution < 1.29 is 14.6 Å². The number of carbonyl (C=O) groups is 1. The second-order valence-electron chi connectivity index (χ2n) is 2.60. The monoisotopic (exact) mass is 215 g/mol. The van der Waals surface area contributed by atoms with E-state index in [-0.39, 0.29) is 16.3 Å². The molecule has 0 aromatic heterocycles. The number of hydrogen-bond acceptors (Lipinski definition) is 3. The van der Waals surface area contributed by atoms with Crippen LogP contribution in [0.2, 0.25) is 5.02 Å². The number of ether oxygens (including phenoxy) is 1. The van der Waals surface area contributed by atoms with Crippen molar-refractivity contribution in [1.29, 1.82) is 0 Å². The Morgan fingerprint density at radius 2 is 2.29 bits per heavy atom. The number of rotatable bonds is 3. The van der Waals surface area contributed by atoms with Gasteiger partial charge in [0.05, 0.1) is 17.2 Å². The molecule has 4 nitrogen and oxygen atoms in total. The number of amides is 1. The Morgan fingerprint density at radius 3 is 2.79 bits per heavy atom. The topological polar surface area (TPSA) is 72.6 Å². The number of aromatic hydroxyl groups is 1. The first-order chi connectivity index (χ1) is 6.56. The average molecular weight is 216 g/mol. The molecule has 1 amide bonds. The molecule has 0 unspecified atom stereocenters. The van der Waals surface area contributed by atoms with Gasteiger partial charge in [-0.05, 0) is 13.0 Å². The molecule has 0 aliphatic heterocycles. The highest BCUT2D eigenvalue weighted by Gasteiger charge is 2.12. The number of benzene rings is 1. The molecule has 5 heteroatoms. The lowest BCUT2D eigenvalue weighted by atomic mass is 10.2. The molecule has 0 bridgehead atoms. The molecule has 0 saturated heterocycles. The fraction of sp³-hybridized carbons (Fsp3) is 0.222. The van der Waals surface area contributed by atoms with E-state index in [2.05, 4.69) is 0 Å². The van der Waals surface area contributed by atoms with E-state index in [0.717, 1.165) is 0 Å². The SMILES string of the molecule is CCOc1cc(O)c(C(N)=O)cc1Cl. The van der Waals surface area contributed by atoms with E-state index in [1.165, 1.54) is 12.1 Å². The lowest BCUT2D eigenvalue weighted by Gasteiger charge is -2.07. The Morgan fingerprint density at radius 1 is 1.64 bits per heavy atom. The summed E-state index contributed by atoms with van der Waals surface area (Å²) in [6.45, 7) is 2.21. The van der Waals surface area contributed by atoms with Crippen molar-refractivity contribution in [2.45, 2.75) is 6.92 Å². The van der Waals surface area contributed by atoms with Gasteiger partial charge in [-0.25, -0.2) is 0 Å². The van der Waals surface area contributed by atoms with Crippen LogP contribution in [-0.4, -0.2) is 17.6 Å². The van der Waals surface area contributed by atoms with Crippen LogP contribution in [0.1, 0.15) is 17.3 Å². The Kier molecular flexibility index (Phi) is 3.19. The molecule has 14 heavy (non-hydrogen) atoms. The normalized spacial score (nSPS) is 9.86. The molecule has 1 aromatic rings. The van der Waals surface area contributed by atoms with E-state index in [4.69, 9.17) is 22.1 Å². The third kappa shape index (κ3) is 2.09. The number of halogens is 1. The van der Waals surface area contributed by atoms with Crippen LogP contribution in [-0.2, 0) is 0 Å². The van der Waals surface area contributed by atoms with Crippen molar-refractivity contribution in [3.63, 3.8) is 0 Å². The second kappa shape index (κ2) is 4.19. The van der Waals surface area contributed by atoms with Crippen molar-refractivity contribution >= 4 is 17.5 Å². The van der Waals surface area contributed by atoms with E-state index in [9.17, 15) is 9.90 Å². The zero-order valence-corrected chi connectivity index (χ0v) is 8.34. The van der Waals surface area contributed by atoms with E-state index in [0.29, 0.717) is 12.4 Å². The van der Waals surface area contributed by atoms with Crippen molar-refractivity contribution in [3.05, 3.63) is 22.7 Å². The summed E-state index contributed by atoms with van der Waals surface area (Å²) in [5, 5.41) is 9.62. The third-order valence-corrected chi connectivity index (χ3v) is 1.91. The number of hydrogen-bond donors (Lipinski definition) is 2. The molecule has 0 aliphatic rings. The van der Waals surface area contributed by atoms with Crippen LogP contribution in [0.3, 0.4) is 0 Å². The molecule has 0 atom stereocenters. The van der Waals surface area contributed by atoms with Gasteiger partial charge in [-0.3, -0.25) is 4.79 Å². The van der Waals surface area contributed by atoms with E-state index in [1.54, 1.807) is 6.92 Å². The van der Waals surface area contributed by atoms with Gasteiger partial charge in [-0.15, -0.1) is 0 Å². The van der Waals surface area contributed by atoms with E-state index in [1.807, 2.05) is 0 Å². The summed E-state index contributed by atoms with van der Waals surface area (Å²) in [6.07, 6.45) is 0. The Hall–Kier alpha value is -1.42. The number of nitrogens with two attached hydrogens (primary N) is 1. The van der Waals surface area contributed by atoms with Crippen LogP contribution in [0, 0.1) is 0 Å². The maximum atomic E-state index is 10.8. The van der Waals surface area contributed by atoms with Crippen molar-refractivity contribution in [2.24, 2.45) is 5.73 Å². The van der Waals surface area contributed by atoms with E-state index >= 15 is 0 Å². The van der Waals surface area contributed by atoms with Gasteiger partial charge in [0, 0.05) is 6.07 Å². The smallest absolute Gasteiger partial charge is 0.252 e. The first-order valence-corrected chi connectivity index (χ1v) is 4.39. The van der Waals surface area contributed by atoms with Gasteiger partial charge in [0.15, 0.2) is 0 Å². The van der Waals surface area contributed by atoms with Gasteiger partial charge in [0.25, 0.3) is 5.91 Å². The summed E-state index contributed by atoms with van der Waals surface area (Å²) in [5.41, 5.74) is 4.99. The Labute approximate surface area is 86.2 Å². The molecule has 3 N–H and O–H groups in total. The summed E-state index contributed by atoms with van der Waals surface area (Å²) in [7, 11) is 0. The maximum Gasteiger partial charge on any atom is 0.252 e. The van der Waals surface area contributed by atoms with Crippen molar-refractivity contribution in [3.8, 4) is 11.5 Å². The first-order valence-electron chi connectivity index (χ1n) is 4.01.